The Hall–Kier alpha value is -2.77. The van der Waals surface area contributed by atoms with Crippen LogP contribution in [0.2, 0.25) is 0 Å². The van der Waals surface area contributed by atoms with Gasteiger partial charge in [0.25, 0.3) is 5.56 Å². The molecule has 0 spiro atoms. The van der Waals surface area contributed by atoms with E-state index in [4.69, 9.17) is 4.74 Å². The number of likely N-dealkylation sites (tertiary alicyclic amines) is 1. The van der Waals surface area contributed by atoms with Gasteiger partial charge in [-0.15, -0.1) is 24.8 Å². The van der Waals surface area contributed by atoms with Crippen molar-refractivity contribution >= 4 is 35.7 Å². The highest BCUT2D eigenvalue weighted by atomic mass is 35.5. The smallest absolute Gasteiger partial charge is 0.258 e. The first-order valence-corrected chi connectivity index (χ1v) is 13.0. The topological polar surface area (TPSA) is 42.6 Å². The number of hydrogen-bond acceptors (Lipinski definition) is 4. The molecule has 0 unspecified atom stereocenters. The Kier molecular flexibility index (Phi) is 8.89. The van der Waals surface area contributed by atoms with Crippen molar-refractivity contribution in [2.24, 2.45) is 7.05 Å². The van der Waals surface area contributed by atoms with Crippen molar-refractivity contribution in [2.45, 2.75) is 38.5 Å². The molecule has 0 atom stereocenters. The third-order valence-corrected chi connectivity index (χ3v) is 8.04. The number of rotatable bonds is 5. The van der Waals surface area contributed by atoms with Crippen molar-refractivity contribution in [3.63, 3.8) is 0 Å². The second kappa shape index (κ2) is 12.0. The van der Waals surface area contributed by atoms with Crippen molar-refractivity contribution in [1.29, 1.82) is 0 Å². The lowest BCUT2D eigenvalue weighted by Crippen LogP contribution is -2.45. The maximum atomic E-state index is 13.0. The van der Waals surface area contributed by atoms with Crippen LogP contribution < -0.4 is 10.3 Å². The molecule has 6 nitrogen and oxygen atoms in total. The molecule has 0 aliphatic carbocycles. The summed E-state index contributed by atoms with van der Waals surface area (Å²) in [7, 11) is 4.39. The zero-order valence-electron chi connectivity index (χ0n) is 22.0. The van der Waals surface area contributed by atoms with E-state index < -0.39 is 0 Å². The average molecular weight is 556 g/mol. The Balaban J connectivity index is 0.00000168. The summed E-state index contributed by atoms with van der Waals surface area (Å²) < 4.78 is 9.89. The number of halogens is 2. The highest BCUT2D eigenvalue weighted by Gasteiger charge is 2.29. The van der Waals surface area contributed by atoms with Gasteiger partial charge in [-0.2, -0.15) is 0 Å². The van der Waals surface area contributed by atoms with Crippen LogP contribution in [0, 0.1) is 0 Å². The first-order chi connectivity index (χ1) is 17.6. The number of nitrogens with zero attached hydrogens (tertiary/aromatic N) is 4. The third kappa shape index (κ3) is 5.50. The van der Waals surface area contributed by atoms with Gasteiger partial charge in [-0.05, 0) is 62.3 Å². The molecule has 2 aliphatic rings. The Morgan fingerprint density at radius 1 is 0.921 bits per heavy atom. The monoisotopic (exact) mass is 554 g/mol. The third-order valence-electron chi connectivity index (χ3n) is 8.04. The van der Waals surface area contributed by atoms with Gasteiger partial charge in [-0.25, -0.2) is 0 Å². The van der Waals surface area contributed by atoms with Gasteiger partial charge in [-0.1, -0.05) is 36.4 Å². The first kappa shape index (κ1) is 28.2. The number of aromatic nitrogens is 2. The molecule has 4 heterocycles. The first-order valence-electron chi connectivity index (χ1n) is 13.0. The van der Waals surface area contributed by atoms with Crippen molar-refractivity contribution in [3.8, 4) is 11.4 Å². The molecule has 202 valence electrons. The van der Waals surface area contributed by atoms with Crippen LogP contribution in [-0.2, 0) is 26.6 Å². The molecule has 0 bridgehead atoms. The van der Waals surface area contributed by atoms with Gasteiger partial charge in [0.05, 0.1) is 11.2 Å². The van der Waals surface area contributed by atoms with Crippen LogP contribution in [0.1, 0.15) is 29.7 Å². The van der Waals surface area contributed by atoms with Crippen LogP contribution in [0.5, 0.6) is 5.75 Å². The van der Waals surface area contributed by atoms with Crippen molar-refractivity contribution < 1.29 is 4.74 Å². The molecule has 38 heavy (non-hydrogen) atoms. The van der Waals surface area contributed by atoms with Crippen LogP contribution in [-0.4, -0.2) is 51.7 Å². The predicted octanol–water partition coefficient (Wildman–Crippen LogP) is 5.20. The standard InChI is InChI=1S/C30H34N4O2.2ClH/c1-31-14-10-23(11-15-31)33-16-13-28-27(20-33)26-9-8-24(18-29(26)32(28)2)34-17-12-25(19-30(34)35)36-21-22-6-4-3-5-7-22;;/h3-9,12,17-19,23H,10-11,13-16,20-21H2,1-2H3;2*1H. The van der Waals surface area contributed by atoms with E-state index in [0.29, 0.717) is 18.4 Å². The highest BCUT2D eigenvalue weighted by Crippen LogP contribution is 2.33. The van der Waals surface area contributed by atoms with E-state index in [9.17, 15) is 4.79 Å². The molecule has 2 aliphatic heterocycles. The second-order valence-corrected chi connectivity index (χ2v) is 10.3. The summed E-state index contributed by atoms with van der Waals surface area (Å²) >= 11 is 0. The average Bonchev–Trinajstić information content (AvgIpc) is 3.19. The summed E-state index contributed by atoms with van der Waals surface area (Å²) in [5.41, 5.74) is 5.96. The lowest BCUT2D eigenvalue weighted by atomic mass is 9.98. The fourth-order valence-corrected chi connectivity index (χ4v) is 5.91. The maximum absolute atomic E-state index is 13.0. The molecule has 1 fully saturated rings. The molecule has 1 saturated heterocycles. The fraction of sp³-hybridized carbons (Fsp3) is 0.367. The van der Waals surface area contributed by atoms with E-state index in [1.165, 1.54) is 48.1 Å². The van der Waals surface area contributed by atoms with E-state index in [1.54, 1.807) is 10.6 Å². The number of aryl methyl sites for hydroxylation is 1. The summed E-state index contributed by atoms with van der Waals surface area (Å²) in [6.45, 7) is 4.98. The summed E-state index contributed by atoms with van der Waals surface area (Å²) in [6.07, 6.45) is 5.41. The Morgan fingerprint density at radius 3 is 2.42 bits per heavy atom. The lowest BCUT2D eigenvalue weighted by Gasteiger charge is -2.39. The SMILES string of the molecule is CN1CCC(N2CCc3c(c4ccc(-n5ccc(OCc6ccccc6)cc5=O)cc4n3C)C2)CC1.Cl.Cl. The van der Waals surface area contributed by atoms with E-state index >= 15 is 0 Å². The molecule has 0 amide bonds. The number of pyridine rings is 1. The minimum Gasteiger partial charge on any atom is -0.489 e. The second-order valence-electron chi connectivity index (χ2n) is 10.3. The summed E-state index contributed by atoms with van der Waals surface area (Å²) in [6, 6.07) is 20.5. The van der Waals surface area contributed by atoms with E-state index in [1.807, 2.05) is 42.6 Å². The molecule has 8 heteroatoms. The van der Waals surface area contributed by atoms with Gasteiger partial charge < -0.3 is 14.2 Å². The van der Waals surface area contributed by atoms with E-state index in [-0.39, 0.29) is 30.4 Å². The normalized spacial score (nSPS) is 16.5. The zero-order chi connectivity index (χ0) is 24.6. The van der Waals surface area contributed by atoms with Crippen LogP contribution in [0.3, 0.4) is 0 Å². The molecule has 2 aromatic heterocycles. The summed E-state index contributed by atoms with van der Waals surface area (Å²) in [5, 5.41) is 1.31. The van der Waals surface area contributed by atoms with Gasteiger partial charge in [0.15, 0.2) is 0 Å². The number of benzene rings is 2. The molecule has 6 rings (SSSR count). The molecule has 0 radical (unpaired) electrons. The van der Waals surface area contributed by atoms with Crippen molar-refractivity contribution in [3.05, 3.63) is 94.0 Å². The molecule has 0 saturated carbocycles. The Labute approximate surface area is 236 Å². The largest absolute Gasteiger partial charge is 0.489 e. The zero-order valence-corrected chi connectivity index (χ0v) is 23.6. The van der Waals surface area contributed by atoms with E-state index in [2.05, 4.69) is 46.7 Å². The van der Waals surface area contributed by atoms with Crippen LogP contribution in [0.4, 0.5) is 0 Å². The quantitative estimate of drug-likeness (QED) is 0.340. The van der Waals surface area contributed by atoms with Gasteiger partial charge in [-0.3, -0.25) is 14.3 Å². The fourth-order valence-electron chi connectivity index (χ4n) is 5.91. The minimum atomic E-state index is -0.0904. The Bertz CT molecular complexity index is 1440. The lowest BCUT2D eigenvalue weighted by molar-refractivity contribution is 0.109. The molecule has 4 aromatic rings. The van der Waals surface area contributed by atoms with Crippen molar-refractivity contribution in [2.75, 3.05) is 26.7 Å². The van der Waals surface area contributed by atoms with Gasteiger partial charge in [0, 0.05) is 55.9 Å². The number of hydrogen-bond donors (Lipinski definition) is 0. The van der Waals surface area contributed by atoms with Crippen LogP contribution in [0.25, 0.3) is 16.6 Å². The molecule has 2 aromatic carbocycles. The van der Waals surface area contributed by atoms with Gasteiger partial charge in [0.2, 0.25) is 0 Å². The minimum absolute atomic E-state index is 0. The number of fused-ring (bicyclic) bond motifs is 3. The van der Waals surface area contributed by atoms with Crippen LogP contribution in [0.15, 0.2) is 71.7 Å². The predicted molar refractivity (Wildman–Crippen MR) is 158 cm³/mol. The molecular weight excluding hydrogens is 519 g/mol. The Morgan fingerprint density at radius 2 is 1.68 bits per heavy atom. The molecular formula is C30H36Cl2N4O2. The maximum Gasteiger partial charge on any atom is 0.258 e. The summed E-state index contributed by atoms with van der Waals surface area (Å²) in [5.74, 6) is 0.588. The van der Waals surface area contributed by atoms with Gasteiger partial charge in [0.1, 0.15) is 12.4 Å². The van der Waals surface area contributed by atoms with E-state index in [0.717, 1.165) is 30.8 Å². The van der Waals surface area contributed by atoms with Crippen molar-refractivity contribution in [1.82, 2.24) is 18.9 Å². The van der Waals surface area contributed by atoms with Gasteiger partial charge >= 0.3 is 0 Å². The highest BCUT2D eigenvalue weighted by molar-refractivity contribution is 5.87. The number of ether oxygens (including phenoxy) is 1. The molecule has 0 N–H and O–H groups in total. The van der Waals surface area contributed by atoms with Crippen LogP contribution >= 0.6 is 24.8 Å². The number of piperidine rings is 1. The summed E-state index contributed by atoms with van der Waals surface area (Å²) in [4.78, 5) is 18.1.